The molecule has 0 radical (unpaired) electrons. The van der Waals surface area contributed by atoms with E-state index >= 15 is 0 Å². The van der Waals surface area contributed by atoms with Gasteiger partial charge in [-0.3, -0.25) is 0 Å². The first kappa shape index (κ1) is 13.1. The molecule has 0 amide bonds. The zero-order valence-corrected chi connectivity index (χ0v) is 10.2. The molecule has 0 unspecified atom stereocenters. The minimum atomic E-state index is -1.63. The van der Waals surface area contributed by atoms with Crippen molar-refractivity contribution in [2.24, 2.45) is 0 Å². The molecule has 0 fully saturated rings. The number of pyridine rings is 1. The van der Waals surface area contributed by atoms with E-state index < -0.39 is 23.4 Å². The lowest BCUT2D eigenvalue weighted by molar-refractivity contribution is 0.0698. The molecule has 3 rings (SSSR count). The Labute approximate surface area is 115 Å². The molecule has 1 aromatic carbocycles. The molecule has 2 heterocycles. The van der Waals surface area contributed by atoms with Crippen LogP contribution in [0.4, 0.5) is 13.2 Å². The summed E-state index contributed by atoms with van der Waals surface area (Å²) in [6, 6.07) is 3.01. The Balaban J connectivity index is 2.25. The van der Waals surface area contributed by atoms with Crippen molar-refractivity contribution in [2.75, 3.05) is 0 Å². The van der Waals surface area contributed by atoms with E-state index in [1.54, 1.807) is 0 Å². The minimum Gasteiger partial charge on any atom is -0.478 e. The number of fused-ring (bicyclic) bond motifs is 1. The van der Waals surface area contributed by atoms with Crippen LogP contribution in [-0.4, -0.2) is 26.0 Å². The van der Waals surface area contributed by atoms with Crippen LogP contribution >= 0.6 is 0 Å². The van der Waals surface area contributed by atoms with Gasteiger partial charge in [0, 0.05) is 6.20 Å². The predicted molar refractivity (Wildman–Crippen MR) is 66.2 cm³/mol. The average molecular weight is 293 g/mol. The third-order valence-electron chi connectivity index (χ3n) is 2.91. The second-order valence-electron chi connectivity index (χ2n) is 4.17. The van der Waals surface area contributed by atoms with Crippen LogP contribution in [-0.2, 0) is 0 Å². The minimum absolute atomic E-state index is 0.0361. The molecule has 0 aliphatic rings. The van der Waals surface area contributed by atoms with Crippen molar-refractivity contribution in [2.45, 2.75) is 0 Å². The van der Waals surface area contributed by atoms with E-state index in [9.17, 15) is 18.0 Å². The molecule has 8 heteroatoms. The molecule has 0 aliphatic heterocycles. The SMILES string of the molecule is O=C(O)c1ccnc2nc(-c3ccc(F)c(F)c3F)[nH]c12. The van der Waals surface area contributed by atoms with Crippen molar-refractivity contribution in [1.82, 2.24) is 15.0 Å². The van der Waals surface area contributed by atoms with Crippen molar-refractivity contribution < 1.29 is 23.1 Å². The van der Waals surface area contributed by atoms with Gasteiger partial charge in [-0.05, 0) is 18.2 Å². The number of H-pyrrole nitrogens is 1. The van der Waals surface area contributed by atoms with Crippen molar-refractivity contribution in [1.29, 1.82) is 0 Å². The molecule has 0 bridgehead atoms. The van der Waals surface area contributed by atoms with Gasteiger partial charge < -0.3 is 10.1 Å². The van der Waals surface area contributed by atoms with Crippen LogP contribution < -0.4 is 0 Å². The number of carboxylic acid groups (broad SMARTS) is 1. The molecular weight excluding hydrogens is 287 g/mol. The number of benzene rings is 1. The van der Waals surface area contributed by atoms with Crippen molar-refractivity contribution in [3.05, 3.63) is 47.4 Å². The molecule has 0 aliphatic carbocycles. The summed E-state index contributed by atoms with van der Waals surface area (Å²) in [6.45, 7) is 0. The highest BCUT2D eigenvalue weighted by Gasteiger charge is 2.19. The van der Waals surface area contributed by atoms with Crippen LogP contribution in [0.3, 0.4) is 0 Å². The van der Waals surface area contributed by atoms with Crippen LogP contribution in [0, 0.1) is 17.5 Å². The first-order valence-electron chi connectivity index (χ1n) is 5.71. The molecule has 106 valence electrons. The maximum Gasteiger partial charge on any atom is 0.338 e. The van der Waals surface area contributed by atoms with E-state index in [1.807, 2.05) is 0 Å². The Kier molecular flexibility index (Phi) is 2.86. The Morgan fingerprint density at radius 3 is 2.62 bits per heavy atom. The van der Waals surface area contributed by atoms with Gasteiger partial charge in [-0.15, -0.1) is 0 Å². The van der Waals surface area contributed by atoms with Gasteiger partial charge in [0.05, 0.1) is 16.6 Å². The zero-order valence-electron chi connectivity index (χ0n) is 10.2. The van der Waals surface area contributed by atoms with Gasteiger partial charge >= 0.3 is 5.97 Å². The van der Waals surface area contributed by atoms with E-state index in [0.29, 0.717) is 0 Å². The number of aromatic nitrogens is 3. The maximum atomic E-state index is 13.7. The quantitative estimate of drug-likeness (QED) is 0.712. The Morgan fingerprint density at radius 1 is 1.14 bits per heavy atom. The first-order valence-corrected chi connectivity index (χ1v) is 5.71. The summed E-state index contributed by atoms with van der Waals surface area (Å²) < 4.78 is 39.9. The normalized spacial score (nSPS) is 11.0. The highest BCUT2D eigenvalue weighted by atomic mass is 19.2. The zero-order chi connectivity index (χ0) is 15.1. The smallest absolute Gasteiger partial charge is 0.338 e. The largest absolute Gasteiger partial charge is 0.478 e. The van der Waals surface area contributed by atoms with Crippen LogP contribution in [0.5, 0.6) is 0 Å². The fourth-order valence-corrected chi connectivity index (χ4v) is 1.93. The average Bonchev–Trinajstić information content (AvgIpc) is 2.88. The van der Waals surface area contributed by atoms with Crippen LogP contribution in [0.1, 0.15) is 10.4 Å². The fourth-order valence-electron chi connectivity index (χ4n) is 1.93. The molecule has 21 heavy (non-hydrogen) atoms. The number of rotatable bonds is 2. The van der Waals surface area contributed by atoms with Crippen molar-refractivity contribution >= 4 is 17.1 Å². The van der Waals surface area contributed by atoms with Crippen molar-refractivity contribution in [3.63, 3.8) is 0 Å². The van der Waals surface area contributed by atoms with E-state index in [-0.39, 0.29) is 28.1 Å². The number of nitrogens with zero attached hydrogens (tertiary/aromatic N) is 2. The number of aromatic carboxylic acids is 1. The number of nitrogens with one attached hydrogen (secondary N) is 1. The predicted octanol–water partition coefficient (Wildman–Crippen LogP) is 2.74. The number of imidazole rings is 1. The summed E-state index contributed by atoms with van der Waals surface area (Å²) >= 11 is 0. The molecule has 2 N–H and O–H groups in total. The number of aromatic amines is 1. The van der Waals surface area contributed by atoms with Gasteiger partial charge in [-0.25, -0.2) is 27.9 Å². The Hall–Kier alpha value is -2.90. The summed E-state index contributed by atoms with van der Waals surface area (Å²) in [7, 11) is 0. The van der Waals surface area contributed by atoms with Gasteiger partial charge in [-0.1, -0.05) is 0 Å². The summed E-state index contributed by atoms with van der Waals surface area (Å²) in [4.78, 5) is 21.4. The summed E-state index contributed by atoms with van der Waals surface area (Å²) in [5, 5.41) is 9.04. The third-order valence-corrected chi connectivity index (χ3v) is 2.91. The van der Waals surface area contributed by atoms with Crippen LogP contribution in [0.2, 0.25) is 0 Å². The van der Waals surface area contributed by atoms with Gasteiger partial charge in [0.1, 0.15) is 5.82 Å². The summed E-state index contributed by atoms with van der Waals surface area (Å²) in [6.07, 6.45) is 1.23. The molecule has 0 saturated heterocycles. The highest BCUT2D eigenvalue weighted by Crippen LogP contribution is 2.26. The van der Waals surface area contributed by atoms with E-state index in [4.69, 9.17) is 5.11 Å². The van der Waals surface area contributed by atoms with Crippen molar-refractivity contribution in [3.8, 4) is 11.4 Å². The molecule has 0 spiro atoms. The standard InChI is InChI=1S/C13H6F3N3O2/c14-7-2-1-5(8(15)9(7)16)11-18-10-6(13(20)21)3-4-17-12(10)19-11/h1-4H,(H,20,21)(H,17,18,19). The monoisotopic (exact) mass is 293 g/mol. The number of carboxylic acids is 1. The van der Waals surface area contributed by atoms with E-state index in [0.717, 1.165) is 12.1 Å². The molecular formula is C13H6F3N3O2. The molecule has 0 atom stereocenters. The Morgan fingerprint density at radius 2 is 1.90 bits per heavy atom. The van der Waals surface area contributed by atoms with Gasteiger partial charge in [0.2, 0.25) is 0 Å². The van der Waals surface area contributed by atoms with Gasteiger partial charge in [-0.2, -0.15) is 0 Å². The summed E-state index contributed by atoms with van der Waals surface area (Å²) in [5.74, 6) is -5.71. The highest BCUT2D eigenvalue weighted by molar-refractivity contribution is 6.00. The topological polar surface area (TPSA) is 78.9 Å². The lowest BCUT2D eigenvalue weighted by Crippen LogP contribution is -1.98. The van der Waals surface area contributed by atoms with E-state index in [1.165, 1.54) is 12.3 Å². The molecule has 2 aromatic heterocycles. The first-order chi connectivity index (χ1) is 9.99. The molecule has 3 aromatic rings. The lowest BCUT2D eigenvalue weighted by atomic mass is 10.2. The van der Waals surface area contributed by atoms with Crippen LogP contribution in [0.25, 0.3) is 22.6 Å². The fraction of sp³-hybridized carbons (Fsp3) is 0. The van der Waals surface area contributed by atoms with Gasteiger partial charge in [0.25, 0.3) is 0 Å². The second-order valence-corrected chi connectivity index (χ2v) is 4.17. The lowest BCUT2D eigenvalue weighted by Gasteiger charge is -2.01. The second kappa shape index (κ2) is 4.58. The molecule has 5 nitrogen and oxygen atoms in total. The summed E-state index contributed by atoms with van der Waals surface area (Å²) in [5.41, 5.74) is -0.317. The number of halogens is 3. The van der Waals surface area contributed by atoms with E-state index in [2.05, 4.69) is 15.0 Å². The molecule has 0 saturated carbocycles. The number of hydrogen-bond donors (Lipinski definition) is 2. The number of carbonyl (C=O) groups is 1. The van der Waals surface area contributed by atoms with Gasteiger partial charge in [0.15, 0.2) is 23.1 Å². The Bertz CT molecular complexity index is 876. The number of hydrogen-bond acceptors (Lipinski definition) is 3. The van der Waals surface area contributed by atoms with Crippen LogP contribution in [0.15, 0.2) is 24.4 Å². The maximum absolute atomic E-state index is 13.7. The third kappa shape index (κ3) is 2.00.